The van der Waals surface area contributed by atoms with Crippen LogP contribution in [0, 0.1) is 5.92 Å². The normalized spacial score (nSPS) is 21.4. The molecule has 0 radical (unpaired) electrons. The number of benzene rings is 3. The van der Waals surface area contributed by atoms with Gasteiger partial charge in [-0.15, -0.1) is 0 Å². The Morgan fingerprint density at radius 3 is 2.11 bits per heavy atom. The van der Waals surface area contributed by atoms with E-state index in [9.17, 15) is 13.2 Å². The number of rotatable bonds is 9. The van der Waals surface area contributed by atoms with E-state index in [0.29, 0.717) is 62.3 Å². The fourth-order valence-electron chi connectivity index (χ4n) is 7.18. The van der Waals surface area contributed by atoms with Gasteiger partial charge in [-0.3, -0.25) is 9.69 Å². The molecule has 2 aliphatic heterocycles. The number of hydrogen-bond donors (Lipinski definition) is 1. The van der Waals surface area contributed by atoms with Crippen LogP contribution in [-0.4, -0.2) is 79.8 Å². The first kappa shape index (κ1) is 33.9. The van der Waals surface area contributed by atoms with E-state index in [1.165, 1.54) is 36.4 Å². The molecule has 2 saturated heterocycles. The van der Waals surface area contributed by atoms with Gasteiger partial charge in [0.25, 0.3) is 0 Å². The third-order valence-corrected chi connectivity index (χ3v) is 12.4. The van der Waals surface area contributed by atoms with Crippen molar-refractivity contribution >= 4 is 27.5 Å². The van der Waals surface area contributed by atoms with E-state index in [-0.39, 0.29) is 29.4 Å². The van der Waals surface area contributed by atoms with Crippen LogP contribution in [0.1, 0.15) is 63.5 Å². The Balaban J connectivity index is 1.18. The molecule has 0 unspecified atom stereocenters. The lowest BCUT2D eigenvalue weighted by Gasteiger charge is -2.44. The van der Waals surface area contributed by atoms with Gasteiger partial charge in [0.1, 0.15) is 11.8 Å². The van der Waals surface area contributed by atoms with Gasteiger partial charge < -0.3 is 15.4 Å². The number of ether oxygens (including phenoxy) is 1. The van der Waals surface area contributed by atoms with E-state index < -0.39 is 16.1 Å². The van der Waals surface area contributed by atoms with Crippen LogP contribution >= 0.6 is 11.6 Å². The molecule has 2 N–H and O–H groups in total. The molecule has 0 spiro atoms. The fraction of sp³-hybridized carbons (Fsp3) is 0.486. The van der Waals surface area contributed by atoms with Gasteiger partial charge in [0.15, 0.2) is 0 Å². The summed E-state index contributed by atoms with van der Waals surface area (Å²) in [7, 11) is -3.94. The number of halogens is 1. The summed E-state index contributed by atoms with van der Waals surface area (Å²) in [4.78, 5) is 18.3. The van der Waals surface area contributed by atoms with Crippen molar-refractivity contribution in [1.29, 1.82) is 0 Å². The molecule has 1 amide bonds. The Morgan fingerprint density at radius 1 is 0.851 bits per heavy atom. The van der Waals surface area contributed by atoms with Gasteiger partial charge in [0, 0.05) is 49.8 Å². The first-order chi connectivity index (χ1) is 22.7. The summed E-state index contributed by atoms with van der Waals surface area (Å²) < 4.78 is 35.8. The van der Waals surface area contributed by atoms with Crippen molar-refractivity contribution in [2.24, 2.45) is 11.7 Å². The highest BCUT2D eigenvalue weighted by Crippen LogP contribution is 2.31. The number of hydrogen-bond acceptors (Lipinski definition) is 6. The predicted molar refractivity (Wildman–Crippen MR) is 187 cm³/mol. The number of carbonyl (C=O) groups excluding carboxylic acids is 1. The van der Waals surface area contributed by atoms with E-state index in [2.05, 4.69) is 36.1 Å². The van der Waals surface area contributed by atoms with Gasteiger partial charge in [0.05, 0.1) is 11.5 Å². The maximum absolute atomic E-state index is 14.2. The molecule has 8 nitrogen and oxygen atoms in total. The van der Waals surface area contributed by atoms with E-state index in [1.54, 1.807) is 29.2 Å². The lowest BCUT2D eigenvalue weighted by Crippen LogP contribution is -2.62. The second kappa shape index (κ2) is 15.1. The SMILES string of the molecule is C[C@H](c1ccc(-c2ccc(Cl)cc2)cc1)N1CCN(S(=O)(=O)c2ccc(OCC3CCCCC3)cc2)[C@H](C(=O)N2CCC(N)CC2)C1. The number of carbonyl (C=O) groups is 1. The summed E-state index contributed by atoms with van der Waals surface area (Å²) in [6.45, 7) is 4.90. The molecule has 2 atom stereocenters. The standard InChI is InChI=1S/C37H47ClN4O4S/c1-27(29-7-9-30(10-8-29)31-11-13-32(38)14-12-31)41-23-24-42(36(25-41)37(43)40-21-19-33(39)20-22-40)47(44,45)35-17-15-34(16-18-35)46-26-28-5-3-2-4-6-28/h7-18,27-28,33,36H,2-6,19-26,39H2,1H3/t27-,36+/m1/s1. The number of piperidine rings is 1. The van der Waals surface area contributed by atoms with Crippen LogP contribution in [0.3, 0.4) is 0 Å². The van der Waals surface area contributed by atoms with Crippen LogP contribution in [0.15, 0.2) is 77.7 Å². The van der Waals surface area contributed by atoms with Crippen LogP contribution in [-0.2, 0) is 14.8 Å². The molecule has 1 saturated carbocycles. The number of piperazine rings is 1. The highest BCUT2D eigenvalue weighted by Gasteiger charge is 2.43. The van der Waals surface area contributed by atoms with Crippen molar-refractivity contribution in [2.75, 3.05) is 39.3 Å². The minimum Gasteiger partial charge on any atom is -0.493 e. The van der Waals surface area contributed by atoms with Gasteiger partial charge in [-0.1, -0.05) is 67.3 Å². The first-order valence-electron chi connectivity index (χ1n) is 17.1. The maximum atomic E-state index is 14.2. The monoisotopic (exact) mass is 678 g/mol. The Bertz CT molecular complexity index is 1590. The number of likely N-dealkylation sites (tertiary alicyclic amines) is 1. The van der Waals surface area contributed by atoms with E-state index in [4.69, 9.17) is 22.1 Å². The minimum absolute atomic E-state index is 0.00945. The first-order valence-corrected chi connectivity index (χ1v) is 18.9. The average molecular weight is 679 g/mol. The molecule has 10 heteroatoms. The molecule has 3 aromatic carbocycles. The zero-order valence-corrected chi connectivity index (χ0v) is 28.8. The number of sulfonamides is 1. The highest BCUT2D eigenvalue weighted by atomic mass is 35.5. The molecule has 2 heterocycles. The second-order valence-corrected chi connectivity index (χ2v) is 15.7. The van der Waals surface area contributed by atoms with Crippen LogP contribution in [0.4, 0.5) is 0 Å². The third-order valence-electron chi connectivity index (χ3n) is 10.3. The smallest absolute Gasteiger partial charge is 0.243 e. The van der Waals surface area contributed by atoms with Crippen molar-refractivity contribution in [3.63, 3.8) is 0 Å². The van der Waals surface area contributed by atoms with Crippen molar-refractivity contribution < 1.29 is 17.9 Å². The number of amides is 1. The van der Waals surface area contributed by atoms with Gasteiger partial charge in [0.2, 0.25) is 15.9 Å². The summed E-state index contributed by atoms with van der Waals surface area (Å²) in [5.41, 5.74) is 9.42. The fourth-order valence-corrected chi connectivity index (χ4v) is 8.87. The van der Waals surface area contributed by atoms with Crippen molar-refractivity contribution in [1.82, 2.24) is 14.1 Å². The van der Waals surface area contributed by atoms with Crippen LogP contribution in [0.2, 0.25) is 5.02 Å². The summed E-state index contributed by atoms with van der Waals surface area (Å²) in [6, 6.07) is 22.1. The molecular formula is C37H47ClN4O4S. The van der Waals surface area contributed by atoms with Crippen molar-refractivity contribution in [2.45, 2.75) is 74.9 Å². The lowest BCUT2D eigenvalue weighted by atomic mass is 9.90. The largest absolute Gasteiger partial charge is 0.493 e. The van der Waals surface area contributed by atoms with Crippen LogP contribution in [0.5, 0.6) is 5.75 Å². The molecule has 0 bridgehead atoms. The van der Waals surface area contributed by atoms with E-state index in [1.807, 2.05) is 24.3 Å². The third kappa shape index (κ3) is 8.03. The molecule has 3 fully saturated rings. The van der Waals surface area contributed by atoms with E-state index in [0.717, 1.165) is 16.7 Å². The van der Waals surface area contributed by atoms with Gasteiger partial charge in [-0.05, 0) is 91.6 Å². The molecule has 252 valence electrons. The van der Waals surface area contributed by atoms with Crippen LogP contribution < -0.4 is 10.5 Å². The molecule has 3 aliphatic rings. The molecule has 47 heavy (non-hydrogen) atoms. The highest BCUT2D eigenvalue weighted by molar-refractivity contribution is 7.89. The zero-order valence-electron chi connectivity index (χ0n) is 27.3. The summed E-state index contributed by atoms with van der Waals surface area (Å²) in [5, 5.41) is 0.701. The molecule has 3 aromatic rings. The average Bonchev–Trinajstić information content (AvgIpc) is 3.11. The van der Waals surface area contributed by atoms with Crippen molar-refractivity contribution in [3.8, 4) is 16.9 Å². The van der Waals surface area contributed by atoms with Gasteiger partial charge in [-0.2, -0.15) is 4.31 Å². The Morgan fingerprint density at radius 2 is 1.47 bits per heavy atom. The zero-order chi connectivity index (χ0) is 33.0. The second-order valence-electron chi connectivity index (χ2n) is 13.4. The Hall–Kier alpha value is -2.95. The van der Waals surface area contributed by atoms with Gasteiger partial charge in [-0.25, -0.2) is 8.42 Å². The van der Waals surface area contributed by atoms with Crippen LogP contribution in [0.25, 0.3) is 11.1 Å². The summed E-state index contributed by atoms with van der Waals surface area (Å²) in [5.74, 6) is 1.08. The molecule has 0 aromatic heterocycles. The number of nitrogens with two attached hydrogens (primary N) is 1. The predicted octanol–water partition coefficient (Wildman–Crippen LogP) is 6.35. The summed E-state index contributed by atoms with van der Waals surface area (Å²) in [6.07, 6.45) is 7.59. The quantitative estimate of drug-likeness (QED) is 0.283. The molecule has 6 rings (SSSR count). The van der Waals surface area contributed by atoms with E-state index >= 15 is 0 Å². The van der Waals surface area contributed by atoms with Gasteiger partial charge >= 0.3 is 0 Å². The lowest BCUT2D eigenvalue weighted by molar-refractivity contribution is -0.138. The Kier molecular flexibility index (Phi) is 10.9. The van der Waals surface area contributed by atoms with Crippen molar-refractivity contribution in [3.05, 3.63) is 83.4 Å². The number of nitrogens with zero attached hydrogens (tertiary/aromatic N) is 3. The Labute approximate surface area is 284 Å². The topological polar surface area (TPSA) is 96.2 Å². The molecular weight excluding hydrogens is 632 g/mol. The molecule has 1 aliphatic carbocycles. The minimum atomic E-state index is -3.94. The maximum Gasteiger partial charge on any atom is 0.243 e. The summed E-state index contributed by atoms with van der Waals surface area (Å²) >= 11 is 6.07.